The lowest BCUT2D eigenvalue weighted by Gasteiger charge is -2.14. The smallest absolute Gasteiger partial charge is 0.326 e. The number of aliphatic carboxylic acids is 1. The molecule has 5 nitrogen and oxygen atoms in total. The zero-order valence-corrected chi connectivity index (χ0v) is 9.03. The molecule has 0 bridgehead atoms. The number of nitrogens with two attached hydrogens (primary N) is 1. The first-order valence-corrected chi connectivity index (χ1v) is 4.98. The van der Waals surface area contributed by atoms with Crippen molar-refractivity contribution in [1.82, 2.24) is 0 Å². The highest BCUT2D eigenvalue weighted by atomic mass is 16.4. The zero-order chi connectivity index (χ0) is 12.1. The van der Waals surface area contributed by atoms with E-state index in [9.17, 15) is 4.79 Å². The van der Waals surface area contributed by atoms with Crippen LogP contribution in [0.4, 0.5) is 5.69 Å². The number of carboxylic acids is 1. The van der Waals surface area contributed by atoms with Gasteiger partial charge in [-0.25, -0.2) is 4.79 Å². The van der Waals surface area contributed by atoms with Gasteiger partial charge >= 0.3 is 5.97 Å². The third-order valence-electron chi connectivity index (χ3n) is 2.22. The van der Waals surface area contributed by atoms with E-state index >= 15 is 0 Å². The third-order valence-corrected chi connectivity index (χ3v) is 2.22. The number of carbonyl (C=O) groups is 1. The largest absolute Gasteiger partial charge is 0.480 e. The highest BCUT2D eigenvalue weighted by Gasteiger charge is 2.14. The second kappa shape index (κ2) is 5.16. The minimum Gasteiger partial charge on any atom is -0.480 e. The van der Waals surface area contributed by atoms with Crippen molar-refractivity contribution in [2.75, 3.05) is 5.32 Å². The molecule has 0 saturated carbocycles. The van der Waals surface area contributed by atoms with Crippen LogP contribution in [0.2, 0.25) is 0 Å². The molecule has 5 N–H and O–H groups in total. The van der Waals surface area contributed by atoms with E-state index in [0.717, 1.165) is 0 Å². The Balaban J connectivity index is 2.84. The van der Waals surface area contributed by atoms with Gasteiger partial charge in [-0.05, 0) is 18.6 Å². The Bertz CT molecular complexity index is 404. The van der Waals surface area contributed by atoms with Gasteiger partial charge in [0.25, 0.3) is 0 Å². The summed E-state index contributed by atoms with van der Waals surface area (Å²) in [6.07, 6.45) is 0.486. The van der Waals surface area contributed by atoms with E-state index in [4.69, 9.17) is 16.2 Å². The predicted octanol–water partition coefficient (Wildman–Crippen LogP) is 1.25. The van der Waals surface area contributed by atoms with E-state index in [2.05, 4.69) is 5.32 Å². The number of nitrogen functional groups attached to an aromatic ring is 1. The number of benzene rings is 1. The SMILES string of the molecule is CC[C@@H](Nc1cccc(C(=N)N)c1)C(=O)O. The van der Waals surface area contributed by atoms with Gasteiger partial charge in [-0.15, -0.1) is 0 Å². The molecule has 0 spiro atoms. The molecule has 5 heteroatoms. The molecule has 0 heterocycles. The van der Waals surface area contributed by atoms with E-state index in [1.807, 2.05) is 0 Å². The lowest BCUT2D eigenvalue weighted by atomic mass is 10.1. The molecule has 86 valence electrons. The molecule has 0 amide bonds. The molecule has 1 aromatic rings. The molecule has 0 saturated heterocycles. The van der Waals surface area contributed by atoms with Crippen LogP contribution in [0.15, 0.2) is 24.3 Å². The number of nitrogens with one attached hydrogen (secondary N) is 2. The molecule has 0 aliphatic rings. The van der Waals surface area contributed by atoms with E-state index in [1.54, 1.807) is 31.2 Å². The van der Waals surface area contributed by atoms with Gasteiger partial charge in [0, 0.05) is 11.3 Å². The number of amidine groups is 1. The number of hydrogen-bond donors (Lipinski definition) is 4. The maximum Gasteiger partial charge on any atom is 0.326 e. The highest BCUT2D eigenvalue weighted by molar-refractivity contribution is 5.95. The minimum absolute atomic E-state index is 0.0352. The summed E-state index contributed by atoms with van der Waals surface area (Å²) in [7, 11) is 0. The second-order valence-corrected chi connectivity index (χ2v) is 3.44. The Hall–Kier alpha value is -2.04. The summed E-state index contributed by atoms with van der Waals surface area (Å²) in [4.78, 5) is 10.8. The van der Waals surface area contributed by atoms with Crippen molar-refractivity contribution < 1.29 is 9.90 Å². The molecule has 0 fully saturated rings. The van der Waals surface area contributed by atoms with Crippen molar-refractivity contribution in [3.63, 3.8) is 0 Å². The fraction of sp³-hybridized carbons (Fsp3) is 0.273. The maximum atomic E-state index is 10.8. The molecule has 0 radical (unpaired) electrons. The standard InChI is InChI=1S/C11H15N3O2/c1-2-9(11(15)16)14-8-5-3-4-7(6-8)10(12)13/h3-6,9,14H,2H2,1H3,(H3,12,13)(H,15,16)/t9-/m1/s1. The van der Waals surface area contributed by atoms with Crippen molar-refractivity contribution in [3.8, 4) is 0 Å². The fourth-order valence-corrected chi connectivity index (χ4v) is 1.32. The molecule has 0 aromatic heterocycles. The Morgan fingerprint density at radius 2 is 2.31 bits per heavy atom. The van der Waals surface area contributed by atoms with E-state index in [0.29, 0.717) is 17.7 Å². The monoisotopic (exact) mass is 221 g/mol. The minimum atomic E-state index is -0.893. The van der Waals surface area contributed by atoms with Crippen LogP contribution in [0, 0.1) is 5.41 Å². The lowest BCUT2D eigenvalue weighted by Crippen LogP contribution is -2.28. The van der Waals surface area contributed by atoms with Crippen LogP contribution in [0.25, 0.3) is 0 Å². The van der Waals surface area contributed by atoms with Crippen LogP contribution in [0.5, 0.6) is 0 Å². The van der Waals surface area contributed by atoms with E-state index < -0.39 is 12.0 Å². The first-order chi connectivity index (χ1) is 7.54. The van der Waals surface area contributed by atoms with Gasteiger partial charge in [0.2, 0.25) is 0 Å². The summed E-state index contributed by atoms with van der Waals surface area (Å²) < 4.78 is 0. The Morgan fingerprint density at radius 1 is 1.62 bits per heavy atom. The summed E-state index contributed by atoms with van der Waals surface area (Å²) in [6.45, 7) is 1.79. The van der Waals surface area contributed by atoms with E-state index in [1.165, 1.54) is 0 Å². The summed E-state index contributed by atoms with van der Waals surface area (Å²) in [5, 5.41) is 19.0. The molecular formula is C11H15N3O2. The Morgan fingerprint density at radius 3 is 2.81 bits per heavy atom. The number of hydrogen-bond acceptors (Lipinski definition) is 3. The molecule has 0 aliphatic heterocycles. The molecule has 16 heavy (non-hydrogen) atoms. The van der Waals surface area contributed by atoms with E-state index in [-0.39, 0.29) is 5.84 Å². The molecule has 1 aromatic carbocycles. The van der Waals surface area contributed by atoms with Crippen molar-refractivity contribution in [3.05, 3.63) is 29.8 Å². The van der Waals surface area contributed by atoms with Crippen molar-refractivity contribution >= 4 is 17.5 Å². The number of anilines is 1. The molecule has 1 atom stereocenters. The lowest BCUT2D eigenvalue weighted by molar-refractivity contribution is -0.137. The third kappa shape index (κ3) is 2.98. The van der Waals surface area contributed by atoms with Crippen LogP contribution in [-0.4, -0.2) is 23.0 Å². The Kier molecular flexibility index (Phi) is 3.88. The molecular weight excluding hydrogens is 206 g/mol. The highest BCUT2D eigenvalue weighted by Crippen LogP contribution is 2.12. The second-order valence-electron chi connectivity index (χ2n) is 3.44. The zero-order valence-electron chi connectivity index (χ0n) is 9.03. The van der Waals surface area contributed by atoms with Gasteiger partial charge in [-0.2, -0.15) is 0 Å². The maximum absolute atomic E-state index is 10.8. The summed E-state index contributed by atoms with van der Waals surface area (Å²) in [6, 6.07) is 6.22. The van der Waals surface area contributed by atoms with Crippen LogP contribution >= 0.6 is 0 Å². The van der Waals surface area contributed by atoms with Gasteiger partial charge in [0.05, 0.1) is 0 Å². The topological polar surface area (TPSA) is 99.2 Å². The van der Waals surface area contributed by atoms with Crippen molar-refractivity contribution in [2.45, 2.75) is 19.4 Å². The van der Waals surface area contributed by atoms with Gasteiger partial charge in [-0.1, -0.05) is 19.1 Å². The average molecular weight is 221 g/mol. The van der Waals surface area contributed by atoms with Gasteiger partial charge in [0.15, 0.2) is 0 Å². The van der Waals surface area contributed by atoms with Crippen LogP contribution in [-0.2, 0) is 4.79 Å². The van der Waals surface area contributed by atoms with Crippen LogP contribution in [0.3, 0.4) is 0 Å². The summed E-state index contributed by atoms with van der Waals surface area (Å²) >= 11 is 0. The average Bonchev–Trinajstić information content (AvgIpc) is 2.25. The van der Waals surface area contributed by atoms with Gasteiger partial charge < -0.3 is 16.2 Å². The Labute approximate surface area is 93.8 Å². The fourth-order valence-electron chi connectivity index (χ4n) is 1.32. The van der Waals surface area contributed by atoms with Gasteiger partial charge in [-0.3, -0.25) is 5.41 Å². The van der Waals surface area contributed by atoms with Gasteiger partial charge in [0.1, 0.15) is 11.9 Å². The summed E-state index contributed by atoms with van der Waals surface area (Å²) in [5.41, 5.74) is 6.57. The first-order valence-electron chi connectivity index (χ1n) is 4.98. The van der Waals surface area contributed by atoms with Crippen molar-refractivity contribution in [1.29, 1.82) is 5.41 Å². The normalized spacial score (nSPS) is 11.8. The van der Waals surface area contributed by atoms with Crippen molar-refractivity contribution in [2.24, 2.45) is 5.73 Å². The quantitative estimate of drug-likeness (QED) is 0.444. The molecule has 0 unspecified atom stereocenters. The summed E-state index contributed by atoms with van der Waals surface area (Å²) in [5.74, 6) is -0.928. The number of carboxylic acid groups (broad SMARTS) is 1. The van der Waals surface area contributed by atoms with Crippen LogP contribution < -0.4 is 11.1 Å². The number of rotatable bonds is 5. The predicted molar refractivity (Wildman–Crippen MR) is 62.8 cm³/mol. The first kappa shape index (κ1) is 12.0. The molecule has 1 rings (SSSR count). The molecule has 0 aliphatic carbocycles. The van der Waals surface area contributed by atoms with Crippen LogP contribution in [0.1, 0.15) is 18.9 Å².